The summed E-state index contributed by atoms with van der Waals surface area (Å²) in [5.74, 6) is 0. The maximum Gasteiger partial charge on any atom is 0.279 e. The molecule has 0 amide bonds. The van der Waals surface area contributed by atoms with Crippen LogP contribution in [0.5, 0.6) is 0 Å². The van der Waals surface area contributed by atoms with Crippen molar-refractivity contribution < 1.29 is 8.42 Å². The second-order valence-corrected chi connectivity index (χ2v) is 6.95. The minimum atomic E-state index is -3.45. The summed E-state index contributed by atoms with van der Waals surface area (Å²) in [5, 5.41) is 4.38. The minimum Gasteiger partial charge on any atom is -0.241 e. The van der Waals surface area contributed by atoms with E-state index in [2.05, 4.69) is 9.82 Å². The van der Waals surface area contributed by atoms with Crippen LogP contribution in [0.4, 0.5) is 0 Å². The molecule has 0 atom stereocenters. The molecule has 0 saturated heterocycles. The fourth-order valence-corrected chi connectivity index (χ4v) is 2.88. The molecule has 0 aliphatic rings. The van der Waals surface area contributed by atoms with Crippen LogP contribution in [0, 0.1) is 0 Å². The molecule has 0 fully saturated rings. The molecule has 6 nitrogen and oxygen atoms in total. The summed E-state index contributed by atoms with van der Waals surface area (Å²) in [6.07, 6.45) is 3.63. The van der Waals surface area contributed by atoms with E-state index in [1.807, 2.05) is 49.5 Å². The van der Waals surface area contributed by atoms with Crippen LogP contribution >= 0.6 is 0 Å². The summed E-state index contributed by atoms with van der Waals surface area (Å²) in [6.45, 7) is 2.73. The SMILES string of the molecule is CCCCN(C)S(=O)(=O)NCc1ccn(-c2ccccc2)n1. The summed E-state index contributed by atoms with van der Waals surface area (Å²) in [7, 11) is -1.87. The molecular weight excluding hydrogens is 300 g/mol. The molecule has 1 N–H and O–H groups in total. The fourth-order valence-electron chi connectivity index (χ4n) is 1.96. The Morgan fingerprint density at radius 1 is 1.23 bits per heavy atom. The van der Waals surface area contributed by atoms with Crippen molar-refractivity contribution in [3.05, 3.63) is 48.3 Å². The van der Waals surface area contributed by atoms with Crippen molar-refractivity contribution in [3.63, 3.8) is 0 Å². The van der Waals surface area contributed by atoms with E-state index in [1.165, 1.54) is 4.31 Å². The Morgan fingerprint density at radius 3 is 2.64 bits per heavy atom. The van der Waals surface area contributed by atoms with Crippen LogP contribution in [0.3, 0.4) is 0 Å². The predicted octanol–water partition coefficient (Wildman–Crippen LogP) is 1.94. The minimum absolute atomic E-state index is 0.179. The zero-order valence-corrected chi connectivity index (χ0v) is 13.8. The third kappa shape index (κ3) is 4.40. The van der Waals surface area contributed by atoms with E-state index in [9.17, 15) is 8.42 Å². The van der Waals surface area contributed by atoms with Gasteiger partial charge in [0.25, 0.3) is 10.2 Å². The van der Waals surface area contributed by atoms with Gasteiger partial charge in [-0.25, -0.2) is 4.68 Å². The lowest BCUT2D eigenvalue weighted by Crippen LogP contribution is -2.38. The monoisotopic (exact) mass is 322 g/mol. The van der Waals surface area contributed by atoms with Gasteiger partial charge >= 0.3 is 0 Å². The highest BCUT2D eigenvalue weighted by atomic mass is 32.2. The lowest BCUT2D eigenvalue weighted by atomic mass is 10.3. The number of nitrogens with one attached hydrogen (secondary N) is 1. The van der Waals surface area contributed by atoms with Crippen molar-refractivity contribution in [2.24, 2.45) is 0 Å². The van der Waals surface area contributed by atoms with E-state index < -0.39 is 10.2 Å². The Bertz CT molecular complexity index is 683. The number of unbranched alkanes of at least 4 members (excludes halogenated alkanes) is 1. The van der Waals surface area contributed by atoms with Crippen LogP contribution in [0.15, 0.2) is 42.6 Å². The van der Waals surface area contributed by atoms with Crippen LogP contribution in [-0.2, 0) is 16.8 Å². The zero-order chi connectivity index (χ0) is 16.0. The standard InChI is InChI=1S/C15H22N4O2S/c1-3-4-11-18(2)22(20,21)16-13-14-10-12-19(17-14)15-8-6-5-7-9-15/h5-10,12,16H,3-4,11,13H2,1-2H3. The van der Waals surface area contributed by atoms with Crippen LogP contribution in [0.1, 0.15) is 25.5 Å². The molecule has 2 rings (SSSR count). The van der Waals surface area contributed by atoms with Gasteiger partial charge in [0.05, 0.1) is 17.9 Å². The quantitative estimate of drug-likeness (QED) is 0.807. The van der Waals surface area contributed by atoms with Crippen LogP contribution in [0.2, 0.25) is 0 Å². The Morgan fingerprint density at radius 2 is 1.95 bits per heavy atom. The Labute approximate surface area is 131 Å². The highest BCUT2D eigenvalue weighted by Gasteiger charge is 2.16. The molecule has 7 heteroatoms. The van der Waals surface area contributed by atoms with E-state index in [-0.39, 0.29) is 6.54 Å². The average molecular weight is 322 g/mol. The first-order valence-electron chi connectivity index (χ1n) is 7.34. The van der Waals surface area contributed by atoms with Gasteiger partial charge in [-0.3, -0.25) is 0 Å². The first-order valence-corrected chi connectivity index (χ1v) is 8.78. The van der Waals surface area contributed by atoms with Crippen molar-refractivity contribution in [2.45, 2.75) is 26.3 Å². The van der Waals surface area contributed by atoms with Crippen LogP contribution in [-0.4, -0.2) is 36.1 Å². The van der Waals surface area contributed by atoms with Crippen molar-refractivity contribution >= 4 is 10.2 Å². The molecule has 0 saturated carbocycles. The van der Waals surface area contributed by atoms with Crippen molar-refractivity contribution in [2.75, 3.05) is 13.6 Å². The second kappa shape index (κ2) is 7.53. The molecule has 2 aromatic rings. The van der Waals surface area contributed by atoms with Gasteiger partial charge in [0.15, 0.2) is 0 Å². The number of para-hydroxylation sites is 1. The zero-order valence-electron chi connectivity index (χ0n) is 12.9. The molecule has 0 bridgehead atoms. The normalized spacial score (nSPS) is 12.0. The van der Waals surface area contributed by atoms with E-state index in [0.29, 0.717) is 12.2 Å². The van der Waals surface area contributed by atoms with Gasteiger partial charge in [0.1, 0.15) is 0 Å². The van der Waals surface area contributed by atoms with Gasteiger partial charge < -0.3 is 0 Å². The van der Waals surface area contributed by atoms with Crippen LogP contribution in [0.25, 0.3) is 5.69 Å². The van der Waals surface area contributed by atoms with Gasteiger partial charge in [-0.2, -0.15) is 22.5 Å². The maximum absolute atomic E-state index is 12.1. The lowest BCUT2D eigenvalue weighted by Gasteiger charge is -2.16. The summed E-state index contributed by atoms with van der Waals surface area (Å²) < 4.78 is 29.8. The first-order chi connectivity index (χ1) is 10.5. The number of rotatable bonds is 8. The number of hydrogen-bond donors (Lipinski definition) is 1. The molecule has 1 heterocycles. The summed E-state index contributed by atoms with van der Waals surface area (Å²) >= 11 is 0. The number of aromatic nitrogens is 2. The van der Waals surface area contributed by atoms with Gasteiger partial charge in [-0.1, -0.05) is 31.5 Å². The molecule has 0 spiro atoms. The molecule has 0 aliphatic heterocycles. The number of benzene rings is 1. The number of hydrogen-bond acceptors (Lipinski definition) is 3. The van der Waals surface area contributed by atoms with Gasteiger partial charge in [-0.15, -0.1) is 0 Å². The maximum atomic E-state index is 12.1. The Balaban J connectivity index is 1.96. The summed E-state index contributed by atoms with van der Waals surface area (Å²) in [6, 6.07) is 11.5. The molecule has 0 aliphatic carbocycles. The highest BCUT2D eigenvalue weighted by Crippen LogP contribution is 2.07. The van der Waals surface area contributed by atoms with E-state index in [1.54, 1.807) is 11.7 Å². The van der Waals surface area contributed by atoms with Crippen LogP contribution < -0.4 is 4.72 Å². The Kier molecular flexibility index (Phi) is 5.70. The molecule has 1 aromatic carbocycles. The van der Waals surface area contributed by atoms with Gasteiger partial charge in [0.2, 0.25) is 0 Å². The third-order valence-electron chi connectivity index (χ3n) is 3.34. The van der Waals surface area contributed by atoms with Crippen molar-refractivity contribution in [1.29, 1.82) is 0 Å². The molecule has 120 valence electrons. The fraction of sp³-hybridized carbons (Fsp3) is 0.400. The molecule has 22 heavy (non-hydrogen) atoms. The summed E-state index contributed by atoms with van der Waals surface area (Å²) in [4.78, 5) is 0. The van der Waals surface area contributed by atoms with Gasteiger partial charge in [-0.05, 0) is 24.6 Å². The predicted molar refractivity (Wildman–Crippen MR) is 86.9 cm³/mol. The Hall–Kier alpha value is -1.70. The lowest BCUT2D eigenvalue weighted by molar-refractivity contribution is 0.448. The molecule has 0 unspecified atom stereocenters. The summed E-state index contributed by atoms with van der Waals surface area (Å²) in [5.41, 5.74) is 1.62. The number of nitrogens with zero attached hydrogens (tertiary/aromatic N) is 3. The third-order valence-corrected chi connectivity index (χ3v) is 4.85. The topological polar surface area (TPSA) is 67.2 Å². The van der Waals surface area contributed by atoms with Crippen molar-refractivity contribution in [3.8, 4) is 5.69 Å². The second-order valence-electron chi connectivity index (χ2n) is 5.09. The van der Waals surface area contributed by atoms with Crippen molar-refractivity contribution in [1.82, 2.24) is 18.8 Å². The molecular formula is C15H22N4O2S. The van der Waals surface area contributed by atoms with E-state index in [0.717, 1.165) is 18.5 Å². The molecule has 0 radical (unpaired) electrons. The highest BCUT2D eigenvalue weighted by molar-refractivity contribution is 7.87. The van der Waals surface area contributed by atoms with Gasteiger partial charge in [0, 0.05) is 19.8 Å². The molecule has 1 aromatic heterocycles. The largest absolute Gasteiger partial charge is 0.279 e. The van der Waals surface area contributed by atoms with E-state index >= 15 is 0 Å². The smallest absolute Gasteiger partial charge is 0.241 e. The van der Waals surface area contributed by atoms with E-state index in [4.69, 9.17) is 0 Å². The first kappa shape index (κ1) is 16.7. The average Bonchev–Trinajstić information content (AvgIpc) is 3.00.